The zero-order valence-corrected chi connectivity index (χ0v) is 21.0. The average Bonchev–Trinajstić information content (AvgIpc) is 3.40. The van der Waals surface area contributed by atoms with Crippen molar-refractivity contribution < 1.29 is 23.8 Å². The molecule has 4 rings (SSSR count). The lowest BCUT2D eigenvalue weighted by Crippen LogP contribution is -2.40. The predicted octanol–water partition coefficient (Wildman–Crippen LogP) is 4.73. The first-order valence-electron chi connectivity index (χ1n) is 12.4. The van der Waals surface area contributed by atoms with Gasteiger partial charge in [0.15, 0.2) is 11.5 Å². The van der Waals surface area contributed by atoms with E-state index in [-0.39, 0.29) is 30.4 Å². The van der Waals surface area contributed by atoms with Gasteiger partial charge in [0.2, 0.25) is 11.8 Å². The number of carbonyl (C=O) groups excluding carboxylic acids is 2. The van der Waals surface area contributed by atoms with Gasteiger partial charge in [-0.1, -0.05) is 43.0 Å². The van der Waals surface area contributed by atoms with Crippen LogP contribution in [0.25, 0.3) is 6.08 Å². The third-order valence-electron chi connectivity index (χ3n) is 6.60. The monoisotopic (exact) mass is 490 g/mol. The third kappa shape index (κ3) is 5.97. The highest BCUT2D eigenvalue weighted by Crippen LogP contribution is 2.34. The molecular weight excluding hydrogens is 456 g/mol. The smallest absolute Gasteiger partial charge is 0.225 e. The first kappa shape index (κ1) is 25.5. The summed E-state index contributed by atoms with van der Waals surface area (Å²) < 4.78 is 17.1. The van der Waals surface area contributed by atoms with Crippen LogP contribution < -0.4 is 9.47 Å². The molecule has 2 aromatic carbocycles. The lowest BCUT2D eigenvalue weighted by Gasteiger charge is -2.34. The summed E-state index contributed by atoms with van der Waals surface area (Å²) in [5.41, 5.74) is 2.93. The van der Waals surface area contributed by atoms with Gasteiger partial charge in [0, 0.05) is 32.8 Å². The number of nitrogens with zero attached hydrogens (tertiary/aromatic N) is 2. The molecule has 7 nitrogen and oxygen atoms in total. The lowest BCUT2D eigenvalue weighted by molar-refractivity contribution is -0.136. The number of rotatable bonds is 10. The number of amides is 2. The first-order chi connectivity index (χ1) is 17.5. The van der Waals surface area contributed by atoms with Crippen LogP contribution in [0.3, 0.4) is 0 Å². The lowest BCUT2D eigenvalue weighted by atomic mass is 9.93. The van der Waals surface area contributed by atoms with Crippen molar-refractivity contribution in [1.29, 1.82) is 0 Å². The van der Waals surface area contributed by atoms with Crippen molar-refractivity contribution in [2.24, 2.45) is 0 Å². The summed E-state index contributed by atoms with van der Waals surface area (Å²) in [5, 5.41) is 0. The minimum Gasteiger partial charge on any atom is -0.493 e. The fourth-order valence-corrected chi connectivity index (χ4v) is 4.80. The van der Waals surface area contributed by atoms with Crippen molar-refractivity contribution in [3.63, 3.8) is 0 Å². The Balaban J connectivity index is 1.57. The quantitative estimate of drug-likeness (QED) is 0.451. The predicted molar refractivity (Wildman–Crippen MR) is 138 cm³/mol. The van der Waals surface area contributed by atoms with E-state index in [1.54, 1.807) is 24.3 Å². The Morgan fingerprint density at radius 3 is 2.78 bits per heavy atom. The van der Waals surface area contributed by atoms with E-state index in [2.05, 4.69) is 6.58 Å². The maximum atomic E-state index is 13.8. The molecule has 0 bridgehead atoms. The molecule has 0 aliphatic carbocycles. The molecule has 0 saturated carbocycles. The third-order valence-corrected chi connectivity index (χ3v) is 6.60. The zero-order valence-electron chi connectivity index (χ0n) is 21.0. The maximum absolute atomic E-state index is 13.8. The molecule has 0 spiro atoms. The molecule has 7 heteroatoms. The SMILES string of the molecule is C=CCOc1ccc(CN(CC2CCCO2)C(=O)CC2c3ccccc3C=CN2C(C)=O)cc1OC. The summed E-state index contributed by atoms with van der Waals surface area (Å²) in [7, 11) is 1.60. The van der Waals surface area contributed by atoms with E-state index in [0.29, 0.717) is 31.2 Å². The standard InChI is InChI=1S/C29H34N2O5/c1-4-15-36-27-12-11-22(17-28(27)34-3)19-30(20-24-9-7-16-35-24)29(33)18-26-25-10-6-5-8-23(25)13-14-31(26)21(2)32/h4-6,8,10-14,17,24,26H,1,7,9,15-16,18-20H2,2-3H3. The second-order valence-electron chi connectivity index (χ2n) is 9.09. The van der Waals surface area contributed by atoms with Crippen molar-refractivity contribution in [3.05, 3.63) is 78.0 Å². The second kappa shape index (κ2) is 11.9. The minimum atomic E-state index is -0.354. The molecule has 190 valence electrons. The number of methoxy groups -OCH3 is 1. The molecule has 1 fully saturated rings. The van der Waals surface area contributed by atoms with Gasteiger partial charge in [0.05, 0.1) is 25.7 Å². The van der Waals surface area contributed by atoms with Crippen LogP contribution in [-0.4, -0.2) is 54.6 Å². The normalized spacial score (nSPS) is 18.4. The number of carbonyl (C=O) groups is 2. The molecule has 1 saturated heterocycles. The molecule has 2 aliphatic rings. The molecular formula is C29H34N2O5. The maximum Gasteiger partial charge on any atom is 0.225 e. The fourth-order valence-electron chi connectivity index (χ4n) is 4.80. The summed E-state index contributed by atoms with van der Waals surface area (Å²) in [4.78, 5) is 29.7. The van der Waals surface area contributed by atoms with Gasteiger partial charge in [-0.3, -0.25) is 9.59 Å². The van der Waals surface area contributed by atoms with Crippen LogP contribution in [0.4, 0.5) is 0 Å². The van der Waals surface area contributed by atoms with Crippen molar-refractivity contribution in [3.8, 4) is 11.5 Å². The zero-order chi connectivity index (χ0) is 25.5. The molecule has 2 atom stereocenters. The highest BCUT2D eigenvalue weighted by Gasteiger charge is 2.31. The summed E-state index contributed by atoms with van der Waals surface area (Å²) in [6.45, 7) is 7.21. The van der Waals surface area contributed by atoms with E-state index in [1.165, 1.54) is 6.92 Å². The largest absolute Gasteiger partial charge is 0.493 e. The molecule has 0 aromatic heterocycles. The highest BCUT2D eigenvalue weighted by atomic mass is 16.5. The van der Waals surface area contributed by atoms with Crippen LogP contribution in [0, 0.1) is 0 Å². The Morgan fingerprint density at radius 1 is 1.22 bits per heavy atom. The van der Waals surface area contributed by atoms with E-state index in [9.17, 15) is 9.59 Å². The van der Waals surface area contributed by atoms with Gasteiger partial charge in [-0.25, -0.2) is 0 Å². The summed E-state index contributed by atoms with van der Waals surface area (Å²) >= 11 is 0. The molecule has 2 amide bonds. The molecule has 0 radical (unpaired) electrons. The molecule has 2 aromatic rings. The summed E-state index contributed by atoms with van der Waals surface area (Å²) in [5.74, 6) is 1.11. The van der Waals surface area contributed by atoms with Crippen LogP contribution in [0.5, 0.6) is 11.5 Å². The van der Waals surface area contributed by atoms with Crippen LogP contribution in [0.2, 0.25) is 0 Å². The van der Waals surface area contributed by atoms with Crippen molar-refractivity contribution >= 4 is 17.9 Å². The molecule has 2 unspecified atom stereocenters. The second-order valence-corrected chi connectivity index (χ2v) is 9.09. The van der Waals surface area contributed by atoms with Crippen LogP contribution in [0.1, 0.15) is 48.9 Å². The Bertz CT molecular complexity index is 1120. The Labute approximate surface area is 212 Å². The Kier molecular flexibility index (Phi) is 8.44. The van der Waals surface area contributed by atoms with E-state index in [4.69, 9.17) is 14.2 Å². The van der Waals surface area contributed by atoms with Gasteiger partial charge in [0.25, 0.3) is 0 Å². The summed E-state index contributed by atoms with van der Waals surface area (Å²) in [6.07, 6.45) is 7.49. The van der Waals surface area contributed by atoms with Crippen LogP contribution in [-0.2, 0) is 20.9 Å². The van der Waals surface area contributed by atoms with Gasteiger partial charge in [-0.15, -0.1) is 0 Å². The molecule has 2 heterocycles. The summed E-state index contributed by atoms with van der Waals surface area (Å²) in [6, 6.07) is 13.2. The van der Waals surface area contributed by atoms with Crippen molar-refractivity contribution in [1.82, 2.24) is 9.80 Å². The highest BCUT2D eigenvalue weighted by molar-refractivity contribution is 5.82. The van der Waals surface area contributed by atoms with Gasteiger partial charge in [0.1, 0.15) is 6.61 Å². The molecule has 36 heavy (non-hydrogen) atoms. The van der Waals surface area contributed by atoms with E-state index in [1.807, 2.05) is 53.4 Å². The Hall–Kier alpha value is -3.58. The minimum absolute atomic E-state index is 0.00786. The van der Waals surface area contributed by atoms with Gasteiger partial charge < -0.3 is 24.0 Å². The van der Waals surface area contributed by atoms with Crippen molar-refractivity contribution in [2.45, 2.75) is 44.9 Å². The molecule has 2 aliphatic heterocycles. The first-order valence-corrected chi connectivity index (χ1v) is 12.4. The van der Waals surface area contributed by atoms with Gasteiger partial charge in [-0.2, -0.15) is 0 Å². The fraction of sp³-hybridized carbons (Fsp3) is 0.379. The van der Waals surface area contributed by atoms with Crippen LogP contribution >= 0.6 is 0 Å². The molecule has 0 N–H and O–H groups in total. The van der Waals surface area contributed by atoms with Crippen LogP contribution in [0.15, 0.2) is 61.3 Å². The van der Waals surface area contributed by atoms with E-state index >= 15 is 0 Å². The van der Waals surface area contributed by atoms with E-state index in [0.717, 1.165) is 36.1 Å². The number of benzene rings is 2. The number of hydrogen-bond donors (Lipinski definition) is 0. The van der Waals surface area contributed by atoms with E-state index < -0.39 is 0 Å². The number of hydrogen-bond acceptors (Lipinski definition) is 5. The van der Waals surface area contributed by atoms with Gasteiger partial charge >= 0.3 is 0 Å². The van der Waals surface area contributed by atoms with Crippen molar-refractivity contribution in [2.75, 3.05) is 26.9 Å². The number of ether oxygens (including phenoxy) is 3. The van der Waals surface area contributed by atoms with Gasteiger partial charge in [-0.05, 0) is 47.7 Å². The topological polar surface area (TPSA) is 68.3 Å². The number of fused-ring (bicyclic) bond motifs is 1. The Morgan fingerprint density at radius 2 is 2.06 bits per heavy atom. The average molecular weight is 491 g/mol.